The van der Waals surface area contributed by atoms with Gasteiger partial charge in [-0.1, -0.05) is 0 Å². The van der Waals surface area contributed by atoms with E-state index in [0.29, 0.717) is 12.1 Å². The molecule has 1 rings (SSSR count). The average molecular weight is 275 g/mol. The van der Waals surface area contributed by atoms with Crippen molar-refractivity contribution in [3.8, 4) is 0 Å². The van der Waals surface area contributed by atoms with Gasteiger partial charge in [-0.15, -0.1) is 12.4 Å². The predicted molar refractivity (Wildman–Crippen MR) is 75.4 cm³/mol. The van der Waals surface area contributed by atoms with Crippen molar-refractivity contribution in [3.63, 3.8) is 0 Å². The van der Waals surface area contributed by atoms with Crippen LogP contribution in [-0.2, 0) is 5.54 Å². The second-order valence-electron chi connectivity index (χ2n) is 5.17. The van der Waals surface area contributed by atoms with Gasteiger partial charge in [-0.05, 0) is 27.8 Å². The van der Waals surface area contributed by atoms with Crippen molar-refractivity contribution in [2.45, 2.75) is 26.3 Å². The van der Waals surface area contributed by atoms with Crippen LogP contribution in [0, 0.1) is 0 Å². The van der Waals surface area contributed by atoms with Crippen LogP contribution in [0.25, 0.3) is 0 Å². The van der Waals surface area contributed by atoms with Crippen LogP contribution in [0.15, 0.2) is 12.4 Å². The number of nitrogens with zero attached hydrogens (tertiary/aromatic N) is 3. The van der Waals surface area contributed by atoms with Crippen LogP contribution in [0.1, 0.15) is 31.1 Å². The number of rotatable bonds is 4. The Hall–Kier alpha value is -1.07. The summed E-state index contributed by atoms with van der Waals surface area (Å²) in [5.41, 5.74) is 0.542. The van der Waals surface area contributed by atoms with Gasteiger partial charge in [-0.25, -0.2) is 0 Å². The molecule has 0 aliphatic heterocycles. The molecule has 0 aromatic carbocycles. The summed E-state index contributed by atoms with van der Waals surface area (Å²) >= 11 is 0. The highest BCUT2D eigenvalue weighted by Crippen LogP contribution is 2.13. The second kappa shape index (κ2) is 6.75. The van der Waals surface area contributed by atoms with E-state index >= 15 is 0 Å². The summed E-state index contributed by atoms with van der Waals surface area (Å²) in [6.45, 7) is 7.64. The first kappa shape index (κ1) is 16.9. The Labute approximate surface area is 115 Å². The van der Waals surface area contributed by atoms with Crippen molar-refractivity contribution >= 4 is 18.3 Å². The van der Waals surface area contributed by atoms with E-state index in [-0.39, 0.29) is 23.9 Å². The predicted octanol–water partition coefficient (Wildman–Crippen LogP) is 1.35. The highest BCUT2D eigenvalue weighted by atomic mass is 35.5. The summed E-state index contributed by atoms with van der Waals surface area (Å²) in [5.74, 6) is 0.00995. The maximum Gasteiger partial charge on any atom is 0.256 e. The van der Waals surface area contributed by atoms with Gasteiger partial charge in [0, 0.05) is 26.3 Å². The van der Waals surface area contributed by atoms with Crippen LogP contribution in [-0.4, -0.2) is 47.8 Å². The quantitative estimate of drug-likeness (QED) is 0.902. The van der Waals surface area contributed by atoms with E-state index in [1.165, 1.54) is 0 Å². The number of carbonyl (C=O) groups excluding carboxylic acids is 1. The minimum absolute atomic E-state index is 0. The lowest BCUT2D eigenvalue weighted by molar-refractivity contribution is 0.0796. The smallest absolute Gasteiger partial charge is 0.256 e. The molecule has 0 bridgehead atoms. The Morgan fingerprint density at radius 2 is 2.11 bits per heavy atom. The first-order valence-electron chi connectivity index (χ1n) is 5.81. The van der Waals surface area contributed by atoms with Crippen molar-refractivity contribution in [2.75, 3.05) is 27.2 Å². The summed E-state index contributed by atoms with van der Waals surface area (Å²) < 4.78 is 1.81. The van der Waals surface area contributed by atoms with Crippen LogP contribution >= 0.6 is 12.4 Å². The van der Waals surface area contributed by atoms with Crippen LogP contribution < -0.4 is 5.32 Å². The van der Waals surface area contributed by atoms with Crippen molar-refractivity contribution < 1.29 is 4.79 Å². The number of carbonyl (C=O) groups is 1. The molecule has 5 nitrogen and oxygen atoms in total. The minimum atomic E-state index is -0.0952. The zero-order valence-corrected chi connectivity index (χ0v) is 12.5. The summed E-state index contributed by atoms with van der Waals surface area (Å²) in [6, 6.07) is 0. The molecule has 0 aliphatic rings. The van der Waals surface area contributed by atoms with Crippen LogP contribution in [0.2, 0.25) is 0 Å². The third kappa shape index (κ3) is 4.31. The number of hydrogen-bond donors (Lipinski definition) is 1. The minimum Gasteiger partial charge on any atom is -0.340 e. The molecule has 0 aliphatic carbocycles. The van der Waals surface area contributed by atoms with E-state index in [9.17, 15) is 4.79 Å². The maximum absolute atomic E-state index is 12.0. The van der Waals surface area contributed by atoms with E-state index in [0.717, 1.165) is 6.54 Å². The molecule has 0 fully saturated rings. The lowest BCUT2D eigenvalue weighted by Gasteiger charge is -2.19. The normalized spacial score (nSPS) is 10.9. The molecular weight excluding hydrogens is 252 g/mol. The molecule has 104 valence electrons. The lowest BCUT2D eigenvalue weighted by Crippen LogP contribution is -2.32. The van der Waals surface area contributed by atoms with E-state index < -0.39 is 0 Å². The molecular formula is C12H23ClN4O. The Kier molecular flexibility index (Phi) is 6.35. The zero-order valence-electron chi connectivity index (χ0n) is 11.7. The van der Waals surface area contributed by atoms with Gasteiger partial charge in [0.1, 0.15) is 0 Å². The van der Waals surface area contributed by atoms with Gasteiger partial charge < -0.3 is 10.2 Å². The van der Waals surface area contributed by atoms with E-state index in [1.807, 2.05) is 11.7 Å². The van der Waals surface area contributed by atoms with Gasteiger partial charge in [0.15, 0.2) is 0 Å². The van der Waals surface area contributed by atoms with Crippen molar-refractivity contribution in [2.24, 2.45) is 0 Å². The van der Waals surface area contributed by atoms with Crippen LogP contribution in [0.4, 0.5) is 0 Å². The van der Waals surface area contributed by atoms with Gasteiger partial charge in [-0.3, -0.25) is 9.48 Å². The maximum atomic E-state index is 12.0. The first-order chi connectivity index (χ1) is 7.86. The SMILES string of the molecule is CNCCN(C)C(=O)c1cnn(C(C)(C)C)c1.Cl. The van der Waals surface area contributed by atoms with Crippen LogP contribution in [0.5, 0.6) is 0 Å². The second-order valence-corrected chi connectivity index (χ2v) is 5.17. The lowest BCUT2D eigenvalue weighted by atomic mass is 10.1. The fraction of sp³-hybridized carbons (Fsp3) is 0.667. The summed E-state index contributed by atoms with van der Waals surface area (Å²) in [7, 11) is 3.67. The Morgan fingerprint density at radius 3 is 2.56 bits per heavy atom. The van der Waals surface area contributed by atoms with Gasteiger partial charge in [0.05, 0.1) is 17.3 Å². The topological polar surface area (TPSA) is 50.2 Å². The first-order valence-corrected chi connectivity index (χ1v) is 5.81. The molecule has 0 spiro atoms. The van der Waals surface area contributed by atoms with Gasteiger partial charge in [0.2, 0.25) is 0 Å². The third-order valence-corrected chi connectivity index (χ3v) is 2.56. The van der Waals surface area contributed by atoms with E-state index in [1.54, 1.807) is 24.3 Å². The summed E-state index contributed by atoms with van der Waals surface area (Å²) in [4.78, 5) is 13.7. The standard InChI is InChI=1S/C12H22N4O.ClH/c1-12(2,3)16-9-10(8-14-16)11(17)15(5)7-6-13-4;/h8-9,13H,6-7H2,1-5H3;1H. The highest BCUT2D eigenvalue weighted by Gasteiger charge is 2.18. The van der Waals surface area contributed by atoms with Gasteiger partial charge in [-0.2, -0.15) is 5.10 Å². The molecule has 1 amide bonds. The van der Waals surface area contributed by atoms with E-state index in [4.69, 9.17) is 0 Å². The van der Waals surface area contributed by atoms with Crippen LogP contribution in [0.3, 0.4) is 0 Å². The van der Waals surface area contributed by atoms with E-state index in [2.05, 4.69) is 31.2 Å². The summed E-state index contributed by atoms with van der Waals surface area (Å²) in [6.07, 6.45) is 3.43. The van der Waals surface area contributed by atoms with Crippen molar-refractivity contribution in [1.82, 2.24) is 20.0 Å². The van der Waals surface area contributed by atoms with Crippen molar-refractivity contribution in [3.05, 3.63) is 18.0 Å². The number of hydrogen-bond acceptors (Lipinski definition) is 3. The molecule has 0 saturated heterocycles. The average Bonchev–Trinajstić information content (AvgIpc) is 2.73. The molecule has 1 aromatic rings. The molecule has 1 aromatic heterocycles. The number of halogens is 1. The monoisotopic (exact) mass is 274 g/mol. The molecule has 1 N–H and O–H groups in total. The fourth-order valence-corrected chi connectivity index (χ4v) is 1.40. The molecule has 1 heterocycles. The molecule has 0 atom stereocenters. The highest BCUT2D eigenvalue weighted by molar-refractivity contribution is 5.93. The largest absolute Gasteiger partial charge is 0.340 e. The zero-order chi connectivity index (χ0) is 13.1. The molecule has 0 unspecified atom stereocenters. The molecule has 6 heteroatoms. The Bertz CT molecular complexity index is 384. The number of likely N-dealkylation sites (N-methyl/N-ethyl adjacent to an activating group) is 2. The number of amides is 1. The molecule has 0 saturated carbocycles. The van der Waals surface area contributed by atoms with Gasteiger partial charge in [0.25, 0.3) is 5.91 Å². The number of nitrogens with one attached hydrogen (secondary N) is 1. The molecule has 18 heavy (non-hydrogen) atoms. The van der Waals surface area contributed by atoms with Crippen molar-refractivity contribution in [1.29, 1.82) is 0 Å². The number of aromatic nitrogens is 2. The Balaban J connectivity index is 0.00000289. The Morgan fingerprint density at radius 1 is 1.50 bits per heavy atom. The van der Waals surface area contributed by atoms with Gasteiger partial charge >= 0.3 is 0 Å². The summed E-state index contributed by atoms with van der Waals surface area (Å²) in [5, 5.41) is 7.24. The molecule has 0 radical (unpaired) electrons. The fourth-order valence-electron chi connectivity index (χ4n) is 1.40. The third-order valence-electron chi connectivity index (χ3n) is 2.56.